The largest absolute Gasteiger partial charge is 0.207 e. The molecule has 0 aliphatic heterocycles. The maximum absolute atomic E-state index is 13.7. The second-order valence-corrected chi connectivity index (χ2v) is 6.35. The minimum absolute atomic E-state index is 0.356. The predicted octanol–water partition coefficient (Wildman–Crippen LogP) is 5.80. The molecule has 2 rings (SSSR count). The van der Waals surface area contributed by atoms with Crippen LogP contribution in [0.3, 0.4) is 0 Å². The molecule has 0 amide bonds. The van der Waals surface area contributed by atoms with Crippen LogP contribution in [-0.2, 0) is 0 Å². The topological polar surface area (TPSA) is 0 Å². The van der Waals surface area contributed by atoms with Gasteiger partial charge >= 0.3 is 0 Å². The Morgan fingerprint density at radius 3 is 2.21 bits per heavy atom. The summed E-state index contributed by atoms with van der Waals surface area (Å²) in [6, 6.07) is 6.52. The van der Waals surface area contributed by atoms with Crippen molar-refractivity contribution in [3.8, 4) is 0 Å². The number of rotatable bonds is 2. The Morgan fingerprint density at radius 2 is 1.63 bits per heavy atom. The lowest BCUT2D eigenvalue weighted by Crippen LogP contribution is -2.03. The number of alkyl halides is 1. The van der Waals surface area contributed by atoms with Crippen molar-refractivity contribution >= 4 is 50.1 Å². The number of halogens is 6. The third-order valence-corrected chi connectivity index (χ3v) is 4.37. The van der Waals surface area contributed by atoms with Gasteiger partial charge in [-0.05, 0) is 46.4 Å². The highest BCUT2D eigenvalue weighted by molar-refractivity contribution is 14.1. The van der Waals surface area contributed by atoms with Crippen molar-refractivity contribution in [1.29, 1.82) is 0 Å². The molecule has 0 spiro atoms. The first-order valence-corrected chi connectivity index (χ1v) is 7.44. The smallest absolute Gasteiger partial charge is 0.134 e. The van der Waals surface area contributed by atoms with Gasteiger partial charge in [-0.3, -0.25) is 0 Å². The summed E-state index contributed by atoms with van der Waals surface area (Å²) in [5, 5.41) is -1.04. The highest BCUT2D eigenvalue weighted by Crippen LogP contribution is 2.37. The van der Waals surface area contributed by atoms with Gasteiger partial charge in [-0.25, -0.2) is 13.2 Å². The van der Waals surface area contributed by atoms with E-state index in [0.717, 1.165) is 3.57 Å². The van der Waals surface area contributed by atoms with Gasteiger partial charge in [0.1, 0.15) is 17.5 Å². The summed E-state index contributed by atoms with van der Waals surface area (Å²) in [5.74, 6) is -2.96. The fourth-order valence-corrected chi connectivity index (χ4v) is 3.17. The lowest BCUT2D eigenvalue weighted by molar-refractivity contribution is 0.526. The van der Waals surface area contributed by atoms with Gasteiger partial charge < -0.3 is 0 Å². The van der Waals surface area contributed by atoms with Gasteiger partial charge in [-0.1, -0.05) is 15.9 Å². The summed E-state index contributed by atoms with van der Waals surface area (Å²) in [5.41, 5.74) is 0.170. The normalized spacial score (nSPS) is 12.5. The number of hydrogen-bond acceptors (Lipinski definition) is 0. The molecule has 1 unspecified atom stereocenters. The van der Waals surface area contributed by atoms with E-state index in [1.165, 1.54) is 0 Å². The summed E-state index contributed by atoms with van der Waals surface area (Å²) < 4.78 is 41.8. The Kier molecular flexibility index (Phi) is 4.79. The average Bonchev–Trinajstić information content (AvgIpc) is 2.30. The van der Waals surface area contributed by atoms with Crippen LogP contribution in [0.5, 0.6) is 0 Å². The van der Waals surface area contributed by atoms with Crippen LogP contribution in [0.15, 0.2) is 34.8 Å². The summed E-state index contributed by atoms with van der Waals surface area (Å²) in [4.78, 5) is 0. The van der Waals surface area contributed by atoms with Crippen LogP contribution in [0.2, 0.25) is 0 Å². The lowest BCUT2D eigenvalue weighted by Gasteiger charge is -2.14. The van der Waals surface area contributed by atoms with Crippen molar-refractivity contribution in [2.75, 3.05) is 0 Å². The highest BCUT2D eigenvalue weighted by Gasteiger charge is 2.23. The first-order chi connectivity index (χ1) is 8.90. The fraction of sp³-hybridized carbons (Fsp3) is 0.0769. The fourth-order valence-electron chi connectivity index (χ4n) is 1.66. The zero-order valence-electron chi connectivity index (χ0n) is 9.23. The van der Waals surface area contributed by atoms with Gasteiger partial charge in [0, 0.05) is 25.7 Å². The summed E-state index contributed by atoms with van der Waals surface area (Å²) in [6.07, 6.45) is 0. The van der Waals surface area contributed by atoms with Crippen LogP contribution in [0.4, 0.5) is 13.2 Å². The molecule has 19 heavy (non-hydrogen) atoms. The Bertz CT molecular complexity index is 610. The van der Waals surface area contributed by atoms with Gasteiger partial charge in [0.05, 0.1) is 5.38 Å². The first kappa shape index (κ1) is 15.1. The van der Waals surface area contributed by atoms with Crippen molar-refractivity contribution in [1.82, 2.24) is 0 Å². The van der Waals surface area contributed by atoms with Crippen LogP contribution >= 0.6 is 50.1 Å². The van der Waals surface area contributed by atoms with E-state index < -0.39 is 22.8 Å². The Morgan fingerprint density at radius 1 is 1.05 bits per heavy atom. The second kappa shape index (κ2) is 6.01. The molecule has 0 saturated heterocycles. The van der Waals surface area contributed by atoms with Crippen molar-refractivity contribution < 1.29 is 13.2 Å². The SMILES string of the molecule is Fc1cc(F)c(C(Cl)c2cc(I)ccc2Br)c(F)c1. The Labute approximate surface area is 135 Å². The van der Waals surface area contributed by atoms with E-state index in [1.54, 1.807) is 12.1 Å². The third-order valence-electron chi connectivity index (χ3n) is 2.53. The van der Waals surface area contributed by atoms with Crippen molar-refractivity contribution in [2.45, 2.75) is 5.38 Å². The van der Waals surface area contributed by atoms with Crippen LogP contribution in [0, 0.1) is 21.0 Å². The van der Waals surface area contributed by atoms with Crippen LogP contribution in [-0.4, -0.2) is 0 Å². The zero-order valence-corrected chi connectivity index (χ0v) is 13.7. The van der Waals surface area contributed by atoms with E-state index in [1.807, 2.05) is 6.07 Å². The van der Waals surface area contributed by atoms with Gasteiger partial charge in [0.15, 0.2) is 0 Å². The molecule has 0 aliphatic rings. The van der Waals surface area contributed by atoms with Crippen molar-refractivity contribution in [3.63, 3.8) is 0 Å². The van der Waals surface area contributed by atoms with Crippen molar-refractivity contribution in [2.24, 2.45) is 0 Å². The molecule has 1 atom stereocenters. The first-order valence-electron chi connectivity index (χ1n) is 5.13. The minimum Gasteiger partial charge on any atom is -0.207 e. The Hall–Kier alpha value is -0.270. The van der Waals surface area contributed by atoms with E-state index in [0.29, 0.717) is 22.2 Å². The minimum atomic E-state index is -1.04. The molecular formula is C13H6BrClF3I. The van der Waals surface area contributed by atoms with E-state index in [-0.39, 0.29) is 5.56 Å². The van der Waals surface area contributed by atoms with E-state index in [4.69, 9.17) is 11.6 Å². The molecule has 2 aromatic carbocycles. The quantitative estimate of drug-likeness (QED) is 0.392. The number of hydrogen-bond donors (Lipinski definition) is 0. The molecule has 0 heterocycles. The standard InChI is InChI=1S/C13H6BrClF3I/c14-9-2-1-7(19)5-8(9)13(15)12-10(17)3-6(16)4-11(12)18/h1-5,13H. The zero-order chi connectivity index (χ0) is 14.2. The summed E-state index contributed by atoms with van der Waals surface area (Å²) >= 11 is 11.5. The van der Waals surface area contributed by atoms with E-state index >= 15 is 0 Å². The predicted molar refractivity (Wildman–Crippen MR) is 80.9 cm³/mol. The maximum atomic E-state index is 13.7. The molecule has 0 saturated carbocycles. The molecule has 6 heteroatoms. The molecule has 100 valence electrons. The molecule has 0 aromatic heterocycles. The van der Waals surface area contributed by atoms with Crippen molar-refractivity contribution in [3.05, 3.63) is 67.0 Å². The molecule has 0 nitrogen and oxygen atoms in total. The maximum Gasteiger partial charge on any atom is 0.134 e. The lowest BCUT2D eigenvalue weighted by atomic mass is 10.0. The molecule has 0 bridgehead atoms. The molecule has 0 radical (unpaired) electrons. The van der Waals surface area contributed by atoms with Gasteiger partial charge in [0.25, 0.3) is 0 Å². The van der Waals surface area contributed by atoms with Gasteiger partial charge in [-0.2, -0.15) is 0 Å². The Balaban J connectivity index is 2.56. The highest BCUT2D eigenvalue weighted by atomic mass is 127. The monoisotopic (exact) mass is 460 g/mol. The summed E-state index contributed by atoms with van der Waals surface area (Å²) in [6.45, 7) is 0. The molecule has 0 fully saturated rings. The van der Waals surface area contributed by atoms with Gasteiger partial charge in [0.2, 0.25) is 0 Å². The van der Waals surface area contributed by atoms with Crippen LogP contribution in [0.1, 0.15) is 16.5 Å². The summed E-state index contributed by atoms with van der Waals surface area (Å²) in [7, 11) is 0. The van der Waals surface area contributed by atoms with E-state index in [9.17, 15) is 13.2 Å². The third kappa shape index (κ3) is 3.25. The van der Waals surface area contributed by atoms with Crippen LogP contribution in [0.25, 0.3) is 0 Å². The number of benzene rings is 2. The van der Waals surface area contributed by atoms with Crippen LogP contribution < -0.4 is 0 Å². The van der Waals surface area contributed by atoms with Gasteiger partial charge in [-0.15, -0.1) is 11.6 Å². The molecule has 0 aliphatic carbocycles. The molecule has 0 N–H and O–H groups in total. The average molecular weight is 461 g/mol. The molecule has 2 aromatic rings. The second-order valence-electron chi connectivity index (χ2n) is 3.81. The van der Waals surface area contributed by atoms with E-state index in [2.05, 4.69) is 38.5 Å². The molecular weight excluding hydrogens is 455 g/mol.